The van der Waals surface area contributed by atoms with Gasteiger partial charge in [0.05, 0.1) is 17.4 Å². The van der Waals surface area contributed by atoms with Crippen LogP contribution in [0.5, 0.6) is 0 Å². The maximum atomic E-state index is 8.76. The normalized spacial score (nSPS) is 20.8. The molecule has 2 rings (SSSR count). The van der Waals surface area contributed by atoms with E-state index in [2.05, 4.69) is 5.16 Å². The van der Waals surface area contributed by atoms with Gasteiger partial charge >= 0.3 is 7.12 Å². The van der Waals surface area contributed by atoms with Crippen LogP contribution >= 0.6 is 0 Å². The van der Waals surface area contributed by atoms with E-state index in [4.69, 9.17) is 20.2 Å². The smallest absolute Gasteiger partial charge is 0.411 e. The zero-order chi connectivity index (χ0) is 16.4. The molecule has 1 fully saturated rings. The lowest BCUT2D eigenvalue weighted by Gasteiger charge is -2.32. The lowest BCUT2D eigenvalue weighted by molar-refractivity contribution is 0.00578. The van der Waals surface area contributed by atoms with Gasteiger partial charge in [-0.15, -0.1) is 0 Å². The van der Waals surface area contributed by atoms with Gasteiger partial charge in [-0.3, -0.25) is 0 Å². The average Bonchev–Trinajstić information content (AvgIpc) is 2.66. The lowest BCUT2D eigenvalue weighted by atomic mass is 9.77. The van der Waals surface area contributed by atoms with Gasteiger partial charge in [-0.1, -0.05) is 35.5 Å². The summed E-state index contributed by atoms with van der Waals surface area (Å²) in [4.78, 5) is 0. The first-order valence-electron chi connectivity index (χ1n) is 7.33. The van der Waals surface area contributed by atoms with Crippen LogP contribution in [-0.4, -0.2) is 36.3 Å². The molecule has 1 aromatic rings. The van der Waals surface area contributed by atoms with Crippen LogP contribution in [0, 0.1) is 0 Å². The van der Waals surface area contributed by atoms with Crippen molar-refractivity contribution in [3.05, 3.63) is 40.9 Å². The molecule has 118 valence electrons. The first-order chi connectivity index (χ1) is 10.3. The van der Waals surface area contributed by atoms with Crippen LogP contribution in [0.25, 0.3) is 6.08 Å². The summed E-state index contributed by atoms with van der Waals surface area (Å²) in [5, 5.41) is 11.9. The van der Waals surface area contributed by atoms with Crippen LogP contribution in [0.15, 0.2) is 34.9 Å². The van der Waals surface area contributed by atoms with Crippen LogP contribution in [0.4, 0.5) is 0 Å². The number of hydrogen-bond acceptors (Lipinski definition) is 5. The van der Waals surface area contributed by atoms with Gasteiger partial charge in [0.1, 0.15) is 0 Å². The lowest BCUT2D eigenvalue weighted by Crippen LogP contribution is -2.41. The molecule has 3 N–H and O–H groups in total. The molecule has 0 atom stereocenters. The quantitative estimate of drug-likeness (QED) is 0.388. The Kier molecular flexibility index (Phi) is 4.75. The van der Waals surface area contributed by atoms with Crippen LogP contribution in [0.2, 0.25) is 0 Å². The second kappa shape index (κ2) is 6.24. The van der Waals surface area contributed by atoms with E-state index in [-0.39, 0.29) is 0 Å². The van der Waals surface area contributed by atoms with E-state index in [1.54, 1.807) is 0 Å². The third-order valence-electron chi connectivity index (χ3n) is 4.33. The zero-order valence-electron chi connectivity index (χ0n) is 13.5. The van der Waals surface area contributed by atoms with Crippen molar-refractivity contribution in [3.63, 3.8) is 0 Å². The number of nitrogens with two attached hydrogens (primary N) is 1. The molecule has 0 saturated carbocycles. The molecule has 1 heterocycles. The fourth-order valence-electron chi connectivity index (χ4n) is 2.24. The summed E-state index contributed by atoms with van der Waals surface area (Å²) in [6, 6.07) is 7.59. The first kappa shape index (κ1) is 16.7. The molecular weight excluding hydrogens is 279 g/mol. The molecule has 1 aromatic carbocycles. The molecule has 0 unspecified atom stereocenters. The summed E-state index contributed by atoms with van der Waals surface area (Å²) >= 11 is 0. The fraction of sp³-hybridized carbons (Fsp3) is 0.438. The minimum atomic E-state index is -0.478. The van der Waals surface area contributed by atoms with Crippen LogP contribution in [0.1, 0.15) is 38.8 Å². The summed E-state index contributed by atoms with van der Waals surface area (Å²) in [6.45, 7) is 8.35. The van der Waals surface area contributed by atoms with E-state index in [0.29, 0.717) is 6.54 Å². The molecule has 0 aliphatic carbocycles. The number of nitrogens with zero attached hydrogens (tertiary/aromatic N) is 1. The average molecular weight is 302 g/mol. The Labute approximate surface area is 131 Å². The zero-order valence-corrected chi connectivity index (χ0v) is 13.5. The topological polar surface area (TPSA) is 77.1 Å². The Morgan fingerprint density at radius 3 is 2.23 bits per heavy atom. The predicted molar refractivity (Wildman–Crippen MR) is 88.9 cm³/mol. The third kappa shape index (κ3) is 3.24. The molecule has 22 heavy (non-hydrogen) atoms. The molecule has 0 bridgehead atoms. The highest BCUT2D eigenvalue weighted by Gasteiger charge is 2.52. The number of oxime groups is 1. The molecular formula is C16H23BN2O3. The van der Waals surface area contributed by atoms with Crippen LogP contribution in [0.3, 0.4) is 0 Å². The van der Waals surface area contributed by atoms with Crippen molar-refractivity contribution in [1.82, 2.24) is 0 Å². The van der Waals surface area contributed by atoms with Gasteiger partial charge in [0.25, 0.3) is 0 Å². The second-order valence-electron chi connectivity index (χ2n) is 6.39. The summed E-state index contributed by atoms with van der Waals surface area (Å²) in [6.07, 6.45) is 3.32. The van der Waals surface area contributed by atoms with E-state index in [9.17, 15) is 0 Å². The Balaban J connectivity index is 2.34. The van der Waals surface area contributed by atoms with Gasteiger partial charge in [-0.05, 0) is 38.7 Å². The van der Waals surface area contributed by atoms with Gasteiger partial charge in [0.15, 0.2) is 0 Å². The molecule has 1 aliphatic rings. The van der Waals surface area contributed by atoms with Gasteiger partial charge in [-0.25, -0.2) is 0 Å². The molecule has 1 saturated heterocycles. The monoisotopic (exact) mass is 302 g/mol. The van der Waals surface area contributed by atoms with E-state index in [1.807, 2.05) is 58.0 Å². The van der Waals surface area contributed by atoms with Crippen LogP contribution < -0.4 is 5.73 Å². The van der Waals surface area contributed by atoms with Crippen molar-refractivity contribution in [2.45, 2.75) is 38.9 Å². The van der Waals surface area contributed by atoms with Gasteiger partial charge < -0.3 is 20.2 Å². The standard InChI is InChI=1S/C16H23BN2O3/c1-15(2)16(3,4)22-17(21-15)14(10-18)9-12-7-5-6-8-13(12)11-19-20/h5-9,11,20H,10,18H2,1-4H3. The molecule has 6 heteroatoms. The Morgan fingerprint density at radius 1 is 1.18 bits per heavy atom. The van der Waals surface area contributed by atoms with Crippen molar-refractivity contribution < 1.29 is 14.5 Å². The molecule has 0 radical (unpaired) electrons. The molecule has 0 aromatic heterocycles. The van der Waals surface area contributed by atoms with E-state index >= 15 is 0 Å². The number of benzene rings is 1. The predicted octanol–water partition coefficient (Wildman–Crippen LogP) is 2.47. The van der Waals surface area contributed by atoms with E-state index in [1.165, 1.54) is 6.21 Å². The van der Waals surface area contributed by atoms with Gasteiger partial charge in [0, 0.05) is 12.1 Å². The van der Waals surface area contributed by atoms with E-state index in [0.717, 1.165) is 16.6 Å². The van der Waals surface area contributed by atoms with Gasteiger partial charge in [-0.2, -0.15) is 0 Å². The number of rotatable bonds is 4. The Hall–Kier alpha value is -1.63. The highest BCUT2D eigenvalue weighted by Crippen LogP contribution is 2.38. The second-order valence-corrected chi connectivity index (χ2v) is 6.39. The Morgan fingerprint density at radius 2 is 1.73 bits per heavy atom. The molecule has 1 aliphatic heterocycles. The number of hydrogen-bond donors (Lipinski definition) is 2. The summed E-state index contributed by atoms with van der Waals surface area (Å²) in [5.74, 6) is 0. The highest BCUT2D eigenvalue weighted by atomic mass is 16.7. The molecule has 0 amide bonds. The molecule has 5 nitrogen and oxygen atoms in total. The minimum absolute atomic E-state index is 0.321. The SMILES string of the molecule is CC1(C)OB(C(=Cc2ccccc2C=NO)CN)OC1(C)C. The minimum Gasteiger partial charge on any atom is -0.411 e. The van der Waals surface area contributed by atoms with Crippen molar-refractivity contribution in [1.29, 1.82) is 0 Å². The van der Waals surface area contributed by atoms with Crippen molar-refractivity contribution in [2.75, 3.05) is 6.54 Å². The maximum Gasteiger partial charge on any atom is 0.491 e. The Bertz CT molecular complexity index is 581. The van der Waals surface area contributed by atoms with Crippen LogP contribution in [-0.2, 0) is 9.31 Å². The highest BCUT2D eigenvalue weighted by molar-refractivity contribution is 6.56. The summed E-state index contributed by atoms with van der Waals surface area (Å²) < 4.78 is 12.1. The largest absolute Gasteiger partial charge is 0.491 e. The summed E-state index contributed by atoms with van der Waals surface area (Å²) in [5.41, 5.74) is 7.62. The maximum absolute atomic E-state index is 8.76. The fourth-order valence-corrected chi connectivity index (χ4v) is 2.24. The van der Waals surface area contributed by atoms with Crippen molar-refractivity contribution in [3.8, 4) is 0 Å². The van der Waals surface area contributed by atoms with E-state index < -0.39 is 18.3 Å². The van der Waals surface area contributed by atoms with Gasteiger partial charge in [0.2, 0.25) is 0 Å². The third-order valence-corrected chi connectivity index (χ3v) is 4.33. The summed E-state index contributed by atoms with van der Waals surface area (Å²) in [7, 11) is -0.478. The van der Waals surface area contributed by atoms with Crippen molar-refractivity contribution in [2.24, 2.45) is 10.9 Å². The first-order valence-corrected chi connectivity index (χ1v) is 7.33. The molecule has 0 spiro atoms. The van der Waals surface area contributed by atoms with Crippen molar-refractivity contribution >= 4 is 19.4 Å².